The summed E-state index contributed by atoms with van der Waals surface area (Å²) in [4.78, 5) is 12.1. The van der Waals surface area contributed by atoms with Gasteiger partial charge in [-0.15, -0.1) is 0 Å². The van der Waals surface area contributed by atoms with Crippen LogP contribution in [0.25, 0.3) is 0 Å². The molecule has 98 valence electrons. The molecule has 0 bridgehead atoms. The third-order valence-corrected chi connectivity index (χ3v) is 4.51. The van der Waals surface area contributed by atoms with Crippen molar-refractivity contribution in [2.24, 2.45) is 5.92 Å². The smallest absolute Gasteiger partial charge is 0.227 e. The Labute approximate surface area is 107 Å². The topological polar surface area (TPSA) is 50.4 Å². The van der Waals surface area contributed by atoms with Gasteiger partial charge in [-0.25, -0.2) is 0 Å². The van der Waals surface area contributed by atoms with E-state index in [0.717, 1.165) is 25.1 Å². The molecule has 2 saturated heterocycles. The molecular weight excluding hydrogens is 236 g/mol. The van der Waals surface area contributed by atoms with E-state index in [0.29, 0.717) is 19.3 Å². The molecule has 0 radical (unpaired) electrons. The van der Waals surface area contributed by atoms with Gasteiger partial charge in [0.05, 0.1) is 19.1 Å². The molecule has 0 aromatic carbocycles. The van der Waals surface area contributed by atoms with E-state index >= 15 is 0 Å². The minimum absolute atomic E-state index is 0.00727. The van der Waals surface area contributed by atoms with Crippen molar-refractivity contribution < 1.29 is 9.53 Å². The van der Waals surface area contributed by atoms with Gasteiger partial charge in [0.25, 0.3) is 0 Å². The number of amides is 1. The maximum atomic E-state index is 12.1. The molecule has 2 N–H and O–H groups in total. The molecule has 3 atom stereocenters. The molecule has 2 aliphatic heterocycles. The summed E-state index contributed by atoms with van der Waals surface area (Å²) in [5, 5.41) is 6.54. The number of carbonyl (C=O) groups is 1. The molecule has 5 heteroatoms. The zero-order valence-electron chi connectivity index (χ0n) is 10.4. The molecule has 0 aromatic rings. The maximum Gasteiger partial charge on any atom is 0.227 e. The highest BCUT2D eigenvalue weighted by molar-refractivity contribution is 7.99. The summed E-state index contributed by atoms with van der Waals surface area (Å²) in [7, 11) is 0. The molecule has 3 unspecified atom stereocenters. The fraction of sp³-hybridized carbons (Fsp3) is 0.917. The Hall–Kier alpha value is -0.260. The highest BCUT2D eigenvalue weighted by atomic mass is 32.2. The number of rotatable bonds is 5. The summed E-state index contributed by atoms with van der Waals surface area (Å²) in [6.07, 6.45) is 2.20. The lowest BCUT2D eigenvalue weighted by Crippen LogP contribution is -2.47. The monoisotopic (exact) mass is 258 g/mol. The van der Waals surface area contributed by atoms with E-state index < -0.39 is 0 Å². The Morgan fingerprint density at radius 1 is 1.47 bits per heavy atom. The van der Waals surface area contributed by atoms with Crippen LogP contribution < -0.4 is 10.6 Å². The van der Waals surface area contributed by atoms with E-state index in [4.69, 9.17) is 4.74 Å². The highest BCUT2D eigenvalue weighted by Crippen LogP contribution is 2.19. The van der Waals surface area contributed by atoms with E-state index in [1.165, 1.54) is 5.75 Å². The van der Waals surface area contributed by atoms with E-state index in [2.05, 4.69) is 17.6 Å². The van der Waals surface area contributed by atoms with Crippen LogP contribution in [0, 0.1) is 5.92 Å². The fourth-order valence-corrected chi connectivity index (χ4v) is 3.45. The number of ether oxygens (including phenoxy) is 1. The van der Waals surface area contributed by atoms with Crippen LogP contribution in [0.3, 0.4) is 0 Å². The first-order chi connectivity index (χ1) is 8.31. The lowest BCUT2D eigenvalue weighted by Gasteiger charge is -2.20. The summed E-state index contributed by atoms with van der Waals surface area (Å²) in [6, 6.07) is 0.573. The Bertz CT molecular complexity index is 257. The largest absolute Gasteiger partial charge is 0.379 e. The third-order valence-electron chi connectivity index (χ3n) is 3.35. The second kappa shape index (κ2) is 6.61. The molecular formula is C12H22N2O2S. The van der Waals surface area contributed by atoms with Crippen molar-refractivity contribution in [2.45, 2.75) is 31.8 Å². The van der Waals surface area contributed by atoms with Crippen molar-refractivity contribution in [3.63, 3.8) is 0 Å². The lowest BCUT2D eigenvalue weighted by molar-refractivity contribution is -0.126. The van der Waals surface area contributed by atoms with Gasteiger partial charge in [-0.3, -0.25) is 4.79 Å². The zero-order chi connectivity index (χ0) is 12.1. The van der Waals surface area contributed by atoms with Gasteiger partial charge in [0, 0.05) is 17.8 Å². The van der Waals surface area contributed by atoms with Gasteiger partial charge in [-0.1, -0.05) is 6.92 Å². The van der Waals surface area contributed by atoms with Gasteiger partial charge in [-0.2, -0.15) is 11.8 Å². The number of carbonyl (C=O) groups excluding carboxylic acids is 1. The van der Waals surface area contributed by atoms with Crippen LogP contribution in [-0.4, -0.2) is 49.3 Å². The Kier molecular flexibility index (Phi) is 5.13. The van der Waals surface area contributed by atoms with Crippen molar-refractivity contribution in [2.75, 3.05) is 31.3 Å². The van der Waals surface area contributed by atoms with Gasteiger partial charge in [0.2, 0.25) is 5.91 Å². The zero-order valence-corrected chi connectivity index (χ0v) is 11.2. The molecule has 4 nitrogen and oxygen atoms in total. The average Bonchev–Trinajstić information content (AvgIpc) is 2.96. The minimum Gasteiger partial charge on any atom is -0.379 e. The van der Waals surface area contributed by atoms with Crippen LogP contribution in [0.5, 0.6) is 0 Å². The van der Waals surface area contributed by atoms with Crippen LogP contribution >= 0.6 is 11.8 Å². The first kappa shape index (κ1) is 13.2. The van der Waals surface area contributed by atoms with Gasteiger partial charge >= 0.3 is 0 Å². The molecule has 2 heterocycles. The predicted molar refractivity (Wildman–Crippen MR) is 70.3 cm³/mol. The highest BCUT2D eigenvalue weighted by Gasteiger charge is 2.34. The molecule has 1 amide bonds. The molecule has 17 heavy (non-hydrogen) atoms. The number of hydrogen-bond acceptors (Lipinski definition) is 4. The van der Waals surface area contributed by atoms with Crippen LogP contribution in [0.2, 0.25) is 0 Å². The normalized spacial score (nSPS) is 32.9. The van der Waals surface area contributed by atoms with E-state index in [1.54, 1.807) is 0 Å². The molecule has 0 aliphatic carbocycles. The first-order valence-electron chi connectivity index (χ1n) is 6.50. The summed E-state index contributed by atoms with van der Waals surface area (Å²) in [6.45, 7) is 4.31. The molecule has 0 aromatic heterocycles. The Balaban J connectivity index is 1.80. The summed E-state index contributed by atoms with van der Waals surface area (Å²) in [5.74, 6) is 2.39. The molecule has 0 saturated carbocycles. The van der Waals surface area contributed by atoms with Crippen molar-refractivity contribution >= 4 is 17.7 Å². The predicted octanol–water partition coefficient (Wildman–Crippen LogP) is 0.623. The van der Waals surface area contributed by atoms with Crippen LogP contribution in [-0.2, 0) is 9.53 Å². The minimum atomic E-state index is -0.00727. The first-order valence-corrected chi connectivity index (χ1v) is 7.66. The molecule has 2 rings (SSSR count). The van der Waals surface area contributed by atoms with Crippen molar-refractivity contribution in [1.82, 2.24) is 10.6 Å². The average molecular weight is 258 g/mol. The molecule has 0 spiro atoms. The Morgan fingerprint density at radius 3 is 3.06 bits per heavy atom. The summed E-state index contributed by atoms with van der Waals surface area (Å²) >= 11 is 1.92. The third kappa shape index (κ3) is 3.60. The lowest BCUT2D eigenvalue weighted by atomic mass is 10.0. The van der Waals surface area contributed by atoms with Crippen molar-refractivity contribution in [1.29, 1.82) is 0 Å². The van der Waals surface area contributed by atoms with Gasteiger partial charge in [-0.05, 0) is 25.1 Å². The van der Waals surface area contributed by atoms with Crippen LogP contribution in [0.1, 0.15) is 19.8 Å². The Morgan fingerprint density at radius 2 is 2.35 bits per heavy atom. The number of thioether (sulfide) groups is 1. The molecule has 2 fully saturated rings. The SMILES string of the molecule is CCCNC1COCC1C(=O)NC1CCSC1. The number of hydrogen-bond donors (Lipinski definition) is 2. The number of nitrogens with one attached hydrogen (secondary N) is 2. The second-order valence-electron chi connectivity index (χ2n) is 4.77. The van der Waals surface area contributed by atoms with Gasteiger partial charge < -0.3 is 15.4 Å². The van der Waals surface area contributed by atoms with Crippen LogP contribution in [0.4, 0.5) is 0 Å². The standard InChI is InChI=1S/C12H22N2O2S/c1-2-4-13-11-7-16-6-10(11)12(15)14-9-3-5-17-8-9/h9-11,13H,2-8H2,1H3,(H,14,15). The molecule has 2 aliphatic rings. The summed E-state index contributed by atoms with van der Waals surface area (Å²) in [5.41, 5.74) is 0. The second-order valence-corrected chi connectivity index (χ2v) is 5.92. The van der Waals surface area contributed by atoms with E-state index in [-0.39, 0.29) is 17.9 Å². The van der Waals surface area contributed by atoms with Crippen LogP contribution in [0.15, 0.2) is 0 Å². The van der Waals surface area contributed by atoms with Gasteiger partial charge in [0.1, 0.15) is 0 Å². The van der Waals surface area contributed by atoms with E-state index in [9.17, 15) is 4.79 Å². The summed E-state index contributed by atoms with van der Waals surface area (Å²) < 4.78 is 5.42. The van der Waals surface area contributed by atoms with E-state index in [1.807, 2.05) is 11.8 Å². The van der Waals surface area contributed by atoms with Gasteiger partial charge in [0.15, 0.2) is 0 Å². The maximum absolute atomic E-state index is 12.1. The van der Waals surface area contributed by atoms with Crippen molar-refractivity contribution in [3.8, 4) is 0 Å². The quantitative estimate of drug-likeness (QED) is 0.759. The fourth-order valence-electron chi connectivity index (χ4n) is 2.30. The van der Waals surface area contributed by atoms with Crippen molar-refractivity contribution in [3.05, 3.63) is 0 Å².